The Hall–Kier alpha value is -2.17. The molecule has 2 aromatic rings. The van der Waals surface area contributed by atoms with Crippen LogP contribution in [0.25, 0.3) is 0 Å². The molecule has 2 atom stereocenters. The number of nitrogens with zero attached hydrogens (tertiary/aromatic N) is 5. The summed E-state index contributed by atoms with van der Waals surface area (Å²) in [4.78, 5) is 26.9. The van der Waals surface area contributed by atoms with Crippen LogP contribution in [0.3, 0.4) is 0 Å². The highest BCUT2D eigenvalue weighted by atomic mass is 127. The first-order valence-corrected chi connectivity index (χ1v) is 9.30. The second-order valence-electron chi connectivity index (χ2n) is 6.76. The van der Waals surface area contributed by atoms with Gasteiger partial charge in [0.15, 0.2) is 5.96 Å². The fourth-order valence-corrected chi connectivity index (χ4v) is 3.38. The first-order valence-electron chi connectivity index (χ1n) is 9.30. The van der Waals surface area contributed by atoms with Crippen molar-refractivity contribution in [2.24, 2.45) is 10.9 Å². The summed E-state index contributed by atoms with van der Waals surface area (Å²) in [7, 11) is 1.79. The number of nitrogens with one attached hydrogen (secondary N) is 2. The van der Waals surface area contributed by atoms with Gasteiger partial charge in [-0.1, -0.05) is 6.92 Å². The number of hydrogen-bond acceptors (Lipinski definition) is 4. The molecule has 0 saturated carbocycles. The first-order chi connectivity index (χ1) is 13.2. The summed E-state index contributed by atoms with van der Waals surface area (Å²) < 4.78 is 2.18. The zero-order chi connectivity index (χ0) is 19.1. The van der Waals surface area contributed by atoms with E-state index < -0.39 is 0 Å². The van der Waals surface area contributed by atoms with E-state index in [1.807, 2.05) is 18.7 Å². The molecule has 1 amide bonds. The molecule has 28 heavy (non-hydrogen) atoms. The van der Waals surface area contributed by atoms with Crippen LogP contribution >= 0.6 is 24.0 Å². The first kappa shape index (κ1) is 22.1. The molecule has 2 unspecified atom stereocenters. The van der Waals surface area contributed by atoms with Crippen LogP contribution in [-0.4, -0.2) is 64.5 Å². The minimum Gasteiger partial charge on any atom is -0.354 e. The average Bonchev–Trinajstić information content (AvgIpc) is 3.24. The van der Waals surface area contributed by atoms with Crippen molar-refractivity contribution in [3.05, 3.63) is 48.8 Å². The predicted molar refractivity (Wildman–Crippen MR) is 120 cm³/mol. The van der Waals surface area contributed by atoms with Gasteiger partial charge in [0.25, 0.3) is 5.91 Å². The number of pyridine rings is 1. The maximum atomic E-state index is 12.0. The summed E-state index contributed by atoms with van der Waals surface area (Å²) in [5.41, 5.74) is 0.565. The second-order valence-corrected chi connectivity index (χ2v) is 6.76. The molecule has 0 spiro atoms. The Kier molecular flexibility index (Phi) is 8.68. The summed E-state index contributed by atoms with van der Waals surface area (Å²) in [6, 6.07) is 3.88. The summed E-state index contributed by atoms with van der Waals surface area (Å²) in [6.07, 6.45) is 10.0. The quantitative estimate of drug-likeness (QED) is 0.285. The van der Waals surface area contributed by atoms with E-state index in [2.05, 4.69) is 42.0 Å². The minimum atomic E-state index is -0.119. The fraction of sp³-hybridized carbons (Fsp3) is 0.474. The number of rotatable bonds is 5. The lowest BCUT2D eigenvalue weighted by molar-refractivity contribution is 0.0954. The van der Waals surface area contributed by atoms with Crippen molar-refractivity contribution in [1.29, 1.82) is 0 Å². The van der Waals surface area contributed by atoms with Gasteiger partial charge in [-0.05, 0) is 24.5 Å². The van der Waals surface area contributed by atoms with E-state index >= 15 is 0 Å². The molecule has 1 saturated heterocycles. The van der Waals surface area contributed by atoms with Crippen LogP contribution in [0, 0.1) is 5.92 Å². The molecule has 3 rings (SSSR count). The number of halogens is 1. The van der Waals surface area contributed by atoms with E-state index in [4.69, 9.17) is 0 Å². The minimum absolute atomic E-state index is 0. The van der Waals surface area contributed by atoms with Gasteiger partial charge >= 0.3 is 0 Å². The van der Waals surface area contributed by atoms with Crippen LogP contribution in [0.5, 0.6) is 0 Å². The van der Waals surface area contributed by atoms with Crippen LogP contribution < -0.4 is 10.6 Å². The smallest absolute Gasteiger partial charge is 0.252 e. The Labute approximate surface area is 182 Å². The molecule has 8 nitrogen and oxygen atoms in total. The molecule has 9 heteroatoms. The average molecular weight is 497 g/mol. The largest absolute Gasteiger partial charge is 0.354 e. The van der Waals surface area contributed by atoms with Gasteiger partial charge in [0.2, 0.25) is 0 Å². The van der Waals surface area contributed by atoms with Crippen molar-refractivity contribution < 1.29 is 4.79 Å². The summed E-state index contributed by atoms with van der Waals surface area (Å²) in [6.45, 7) is 5.27. The number of amides is 1. The Morgan fingerprint density at radius 1 is 1.29 bits per heavy atom. The molecule has 0 aromatic carbocycles. The number of carbonyl (C=O) groups excluding carboxylic acids is 1. The molecule has 3 heterocycles. The van der Waals surface area contributed by atoms with Gasteiger partial charge in [-0.25, -0.2) is 4.98 Å². The third-order valence-corrected chi connectivity index (χ3v) is 4.96. The van der Waals surface area contributed by atoms with E-state index in [0.717, 1.165) is 25.5 Å². The molecule has 1 aliphatic heterocycles. The topological polar surface area (TPSA) is 87.4 Å². The third-order valence-electron chi connectivity index (χ3n) is 4.96. The number of piperidine rings is 1. The lowest BCUT2D eigenvalue weighted by Gasteiger charge is -2.39. The van der Waals surface area contributed by atoms with Gasteiger partial charge in [0.1, 0.15) is 0 Å². The van der Waals surface area contributed by atoms with Crippen molar-refractivity contribution in [3.8, 4) is 0 Å². The van der Waals surface area contributed by atoms with Crippen molar-refractivity contribution in [3.63, 3.8) is 0 Å². The lowest BCUT2D eigenvalue weighted by atomic mass is 9.93. The molecule has 1 aliphatic rings. The normalized spacial score (nSPS) is 19.6. The highest BCUT2D eigenvalue weighted by Gasteiger charge is 2.28. The lowest BCUT2D eigenvalue weighted by Crippen LogP contribution is -2.50. The zero-order valence-electron chi connectivity index (χ0n) is 16.3. The summed E-state index contributed by atoms with van der Waals surface area (Å²) >= 11 is 0. The number of likely N-dealkylation sites (tertiary alicyclic amines) is 1. The SMILES string of the molecule is CN=C(NCCNC(=O)c1cccnc1)N1CCC(C)C(n2ccnc2)C1.I. The van der Waals surface area contributed by atoms with Gasteiger partial charge in [0.05, 0.1) is 17.9 Å². The Morgan fingerprint density at radius 3 is 2.79 bits per heavy atom. The molecule has 1 fully saturated rings. The zero-order valence-corrected chi connectivity index (χ0v) is 18.6. The molecule has 2 aromatic heterocycles. The Morgan fingerprint density at radius 2 is 2.11 bits per heavy atom. The van der Waals surface area contributed by atoms with E-state index in [-0.39, 0.29) is 29.9 Å². The second kappa shape index (κ2) is 11.0. The molecule has 0 aliphatic carbocycles. The Balaban J connectivity index is 0.00000280. The van der Waals surface area contributed by atoms with Crippen LogP contribution in [0.15, 0.2) is 48.2 Å². The molecule has 0 radical (unpaired) electrons. The fourth-order valence-electron chi connectivity index (χ4n) is 3.38. The molecular formula is C19H28IN7O. The van der Waals surface area contributed by atoms with Crippen molar-refractivity contribution in [2.45, 2.75) is 19.4 Å². The van der Waals surface area contributed by atoms with Crippen molar-refractivity contribution in [1.82, 2.24) is 30.1 Å². The van der Waals surface area contributed by atoms with E-state index in [1.54, 1.807) is 31.6 Å². The molecule has 152 valence electrons. The maximum Gasteiger partial charge on any atom is 0.252 e. The number of guanidine groups is 1. The van der Waals surface area contributed by atoms with E-state index in [1.165, 1.54) is 0 Å². The highest BCUT2D eigenvalue weighted by Crippen LogP contribution is 2.27. The standard InChI is InChI=1S/C19H27N7O.HI/c1-15-5-10-25(13-17(15)26-11-9-22-14-26)19(20-2)24-8-7-23-18(27)16-4-3-6-21-12-16;/h3-4,6,9,11-12,14-15,17H,5,7-8,10,13H2,1-2H3,(H,20,24)(H,23,27);1H. The number of aromatic nitrogens is 3. The van der Waals surface area contributed by atoms with E-state index in [0.29, 0.717) is 30.6 Å². The van der Waals surface area contributed by atoms with Crippen LogP contribution in [0.2, 0.25) is 0 Å². The molecular weight excluding hydrogens is 469 g/mol. The van der Waals surface area contributed by atoms with E-state index in [9.17, 15) is 4.79 Å². The van der Waals surface area contributed by atoms with Gasteiger partial charge in [0, 0.05) is 58.0 Å². The monoisotopic (exact) mass is 497 g/mol. The van der Waals surface area contributed by atoms with Crippen LogP contribution in [0.4, 0.5) is 0 Å². The van der Waals surface area contributed by atoms with Crippen molar-refractivity contribution in [2.75, 3.05) is 33.2 Å². The number of aliphatic imine (C=N–C) groups is 1. The summed E-state index contributed by atoms with van der Waals surface area (Å²) in [5, 5.41) is 6.24. The molecule has 2 N–H and O–H groups in total. The number of hydrogen-bond donors (Lipinski definition) is 2. The Bertz CT molecular complexity index is 751. The highest BCUT2D eigenvalue weighted by molar-refractivity contribution is 14.0. The van der Waals surface area contributed by atoms with Crippen LogP contribution in [-0.2, 0) is 0 Å². The predicted octanol–water partition coefficient (Wildman–Crippen LogP) is 1.78. The number of imidazole rings is 1. The third kappa shape index (κ3) is 5.66. The number of carbonyl (C=O) groups is 1. The van der Waals surface area contributed by atoms with Crippen molar-refractivity contribution >= 4 is 35.8 Å². The summed E-state index contributed by atoms with van der Waals surface area (Å²) in [5.74, 6) is 1.34. The molecule has 0 bridgehead atoms. The maximum absolute atomic E-state index is 12.0. The van der Waals surface area contributed by atoms with Gasteiger partial charge in [-0.3, -0.25) is 14.8 Å². The van der Waals surface area contributed by atoms with Gasteiger partial charge in [-0.2, -0.15) is 0 Å². The van der Waals surface area contributed by atoms with Gasteiger partial charge in [-0.15, -0.1) is 24.0 Å². The van der Waals surface area contributed by atoms with Gasteiger partial charge < -0.3 is 20.1 Å². The van der Waals surface area contributed by atoms with Crippen LogP contribution in [0.1, 0.15) is 29.7 Å².